The van der Waals surface area contributed by atoms with E-state index in [1.165, 1.54) is 32.5 Å². The van der Waals surface area contributed by atoms with Crippen molar-refractivity contribution in [3.8, 4) is 0 Å². The van der Waals surface area contributed by atoms with Crippen LogP contribution in [-0.4, -0.2) is 36.2 Å². The molecule has 1 aliphatic heterocycles. The molecule has 0 bridgehead atoms. The van der Waals surface area contributed by atoms with Gasteiger partial charge in [0.05, 0.1) is 10.2 Å². The molecule has 4 rings (SSSR count). The van der Waals surface area contributed by atoms with Crippen LogP contribution < -0.4 is 5.32 Å². The number of hydrogen-bond acceptors (Lipinski definition) is 6. The summed E-state index contributed by atoms with van der Waals surface area (Å²) < 4.78 is 28.6. The third-order valence-electron chi connectivity index (χ3n) is 5.12. The van der Waals surface area contributed by atoms with Crippen LogP contribution >= 0.6 is 22.7 Å². The predicted molar refractivity (Wildman–Crippen MR) is 118 cm³/mol. The van der Waals surface area contributed by atoms with Crippen molar-refractivity contribution in [1.82, 2.24) is 9.29 Å². The number of carbonyl (C=O) groups excluding carboxylic acids is 1. The van der Waals surface area contributed by atoms with Gasteiger partial charge in [-0.1, -0.05) is 43.7 Å². The Kier molecular flexibility index (Phi) is 5.74. The molecule has 1 fully saturated rings. The fourth-order valence-electron chi connectivity index (χ4n) is 3.52. The average molecular weight is 450 g/mol. The summed E-state index contributed by atoms with van der Waals surface area (Å²) in [4.78, 5) is 17.5. The summed E-state index contributed by atoms with van der Waals surface area (Å²) in [6.07, 6.45) is 2.10. The number of thiazole rings is 1. The van der Waals surface area contributed by atoms with Gasteiger partial charge in [-0.2, -0.15) is 4.31 Å². The normalized spacial score (nSPS) is 18.4. The van der Waals surface area contributed by atoms with Gasteiger partial charge >= 0.3 is 0 Å². The first-order valence-corrected chi connectivity index (χ1v) is 12.8. The molecule has 1 saturated heterocycles. The summed E-state index contributed by atoms with van der Waals surface area (Å²) in [5.41, 5.74) is 2.06. The van der Waals surface area contributed by atoms with E-state index in [0.717, 1.165) is 23.1 Å². The lowest BCUT2D eigenvalue weighted by Gasteiger charge is -2.32. The number of thiophene rings is 1. The third-order valence-corrected chi connectivity index (χ3v) is 9.34. The van der Waals surface area contributed by atoms with Crippen LogP contribution in [0, 0.1) is 0 Å². The Hall–Kier alpha value is -1.81. The molecule has 1 N–H and O–H groups in total. The highest BCUT2D eigenvalue weighted by Gasteiger charge is 2.38. The second-order valence-electron chi connectivity index (χ2n) is 7.45. The maximum absolute atomic E-state index is 13.0. The van der Waals surface area contributed by atoms with Crippen LogP contribution in [0.1, 0.15) is 44.6 Å². The van der Waals surface area contributed by atoms with Crippen LogP contribution in [0.3, 0.4) is 0 Å². The highest BCUT2D eigenvalue weighted by Crippen LogP contribution is 2.31. The monoisotopic (exact) mass is 449 g/mol. The summed E-state index contributed by atoms with van der Waals surface area (Å²) in [5, 5.41) is 5.10. The minimum atomic E-state index is -3.67. The lowest BCUT2D eigenvalue weighted by atomic mass is 10.0. The summed E-state index contributed by atoms with van der Waals surface area (Å²) in [6.45, 7) is 4.63. The molecule has 3 aromatic rings. The second-order valence-corrected chi connectivity index (χ2v) is 11.5. The number of amides is 1. The number of fused-ring (bicyclic) bond motifs is 1. The Balaban J connectivity index is 1.57. The van der Waals surface area contributed by atoms with Gasteiger partial charge in [0.2, 0.25) is 5.91 Å². The lowest BCUT2D eigenvalue weighted by Crippen LogP contribution is -2.49. The molecule has 9 heteroatoms. The summed E-state index contributed by atoms with van der Waals surface area (Å²) in [6, 6.07) is 8.70. The van der Waals surface area contributed by atoms with Gasteiger partial charge < -0.3 is 5.32 Å². The highest BCUT2D eigenvalue weighted by molar-refractivity contribution is 7.91. The molecule has 2 aromatic heterocycles. The number of sulfonamides is 1. The van der Waals surface area contributed by atoms with Crippen LogP contribution in [0.4, 0.5) is 5.13 Å². The number of benzene rings is 1. The number of aromatic nitrogens is 1. The molecular weight excluding hydrogens is 426 g/mol. The first-order chi connectivity index (χ1) is 13.9. The van der Waals surface area contributed by atoms with Gasteiger partial charge in [-0.25, -0.2) is 13.4 Å². The zero-order chi connectivity index (χ0) is 20.6. The molecule has 0 saturated carbocycles. The number of carbonyl (C=O) groups is 1. The van der Waals surface area contributed by atoms with E-state index in [4.69, 9.17) is 0 Å². The first kappa shape index (κ1) is 20.5. The molecule has 29 heavy (non-hydrogen) atoms. The molecule has 1 aliphatic rings. The van der Waals surface area contributed by atoms with Crippen molar-refractivity contribution < 1.29 is 13.2 Å². The molecular formula is C20H23N3O3S3. The molecule has 0 aliphatic carbocycles. The van der Waals surface area contributed by atoms with Crippen molar-refractivity contribution in [2.45, 2.75) is 49.3 Å². The second kappa shape index (κ2) is 8.14. The van der Waals surface area contributed by atoms with Crippen LogP contribution in [0.15, 0.2) is 39.9 Å². The number of nitrogens with zero attached hydrogens (tertiary/aromatic N) is 2. The quantitative estimate of drug-likeness (QED) is 0.614. The van der Waals surface area contributed by atoms with E-state index in [0.29, 0.717) is 24.0 Å². The molecule has 6 nitrogen and oxygen atoms in total. The van der Waals surface area contributed by atoms with E-state index >= 15 is 0 Å². The standard InChI is InChI=1S/C20H23N3O3S3/c1-13(2)14-8-9-15-17(12-14)28-20(21-15)22-19(24)16-6-3-4-10-23(16)29(25,26)18-7-5-11-27-18/h5,7-9,11-13,16H,3-4,6,10H2,1-2H3,(H,21,22,24). The molecule has 0 radical (unpaired) electrons. The van der Waals surface area contributed by atoms with Gasteiger partial charge in [0.1, 0.15) is 10.3 Å². The smallest absolute Gasteiger partial charge is 0.253 e. The van der Waals surface area contributed by atoms with Crippen molar-refractivity contribution in [3.05, 3.63) is 41.3 Å². The molecule has 1 unspecified atom stereocenters. The highest BCUT2D eigenvalue weighted by atomic mass is 32.2. The zero-order valence-corrected chi connectivity index (χ0v) is 18.7. The van der Waals surface area contributed by atoms with Crippen molar-refractivity contribution in [2.75, 3.05) is 11.9 Å². The van der Waals surface area contributed by atoms with Gasteiger partial charge in [-0.3, -0.25) is 4.79 Å². The molecule has 154 valence electrons. The molecule has 1 atom stereocenters. The number of hydrogen-bond donors (Lipinski definition) is 1. The van der Waals surface area contributed by atoms with E-state index in [-0.39, 0.29) is 10.1 Å². The summed E-state index contributed by atoms with van der Waals surface area (Å²) in [5.74, 6) is 0.103. The van der Waals surface area contributed by atoms with Gasteiger partial charge in [-0.05, 0) is 47.9 Å². The fourth-order valence-corrected chi connectivity index (χ4v) is 7.22. The van der Waals surface area contributed by atoms with Crippen molar-refractivity contribution in [2.24, 2.45) is 0 Å². The number of nitrogens with one attached hydrogen (secondary N) is 1. The Labute approximate surface area is 178 Å². The minimum absolute atomic E-state index is 0.276. The molecule has 0 spiro atoms. The fraction of sp³-hybridized carbons (Fsp3) is 0.400. The van der Waals surface area contributed by atoms with E-state index in [1.54, 1.807) is 17.5 Å². The van der Waals surface area contributed by atoms with E-state index in [9.17, 15) is 13.2 Å². The Morgan fingerprint density at radius 2 is 2.10 bits per heavy atom. The first-order valence-electron chi connectivity index (χ1n) is 9.63. The average Bonchev–Trinajstić information content (AvgIpc) is 3.37. The van der Waals surface area contributed by atoms with Crippen LogP contribution in [0.2, 0.25) is 0 Å². The Bertz CT molecular complexity index is 1120. The van der Waals surface area contributed by atoms with Crippen LogP contribution in [0.5, 0.6) is 0 Å². The van der Waals surface area contributed by atoms with Crippen LogP contribution in [0.25, 0.3) is 10.2 Å². The maximum atomic E-state index is 13.0. The predicted octanol–water partition coefficient (Wildman–Crippen LogP) is 4.66. The Morgan fingerprint density at radius 3 is 2.83 bits per heavy atom. The summed E-state index contributed by atoms with van der Waals surface area (Å²) in [7, 11) is -3.67. The van der Waals surface area contributed by atoms with E-state index in [2.05, 4.69) is 36.3 Å². The van der Waals surface area contributed by atoms with E-state index in [1.807, 2.05) is 6.07 Å². The van der Waals surface area contributed by atoms with Gasteiger partial charge in [-0.15, -0.1) is 11.3 Å². The van der Waals surface area contributed by atoms with Crippen molar-refractivity contribution in [1.29, 1.82) is 0 Å². The van der Waals surface area contributed by atoms with E-state index < -0.39 is 16.1 Å². The minimum Gasteiger partial charge on any atom is -0.301 e. The number of rotatable bonds is 5. The third kappa shape index (κ3) is 4.09. The Morgan fingerprint density at radius 1 is 1.28 bits per heavy atom. The van der Waals surface area contributed by atoms with Gasteiger partial charge in [0, 0.05) is 6.54 Å². The topological polar surface area (TPSA) is 79.4 Å². The van der Waals surface area contributed by atoms with Gasteiger partial charge in [0.25, 0.3) is 10.0 Å². The lowest BCUT2D eigenvalue weighted by molar-refractivity contribution is -0.120. The largest absolute Gasteiger partial charge is 0.301 e. The number of anilines is 1. The van der Waals surface area contributed by atoms with Crippen molar-refractivity contribution >= 4 is 54.0 Å². The molecule has 1 amide bonds. The zero-order valence-electron chi connectivity index (χ0n) is 16.3. The molecule has 1 aromatic carbocycles. The summed E-state index contributed by atoms with van der Waals surface area (Å²) >= 11 is 2.59. The van der Waals surface area contributed by atoms with Crippen LogP contribution in [-0.2, 0) is 14.8 Å². The van der Waals surface area contributed by atoms with Crippen molar-refractivity contribution in [3.63, 3.8) is 0 Å². The van der Waals surface area contributed by atoms with Gasteiger partial charge in [0.15, 0.2) is 5.13 Å². The SMILES string of the molecule is CC(C)c1ccc2nc(NC(=O)C3CCCCN3S(=O)(=O)c3cccs3)sc2c1. The molecule has 3 heterocycles. The number of piperidine rings is 1. The maximum Gasteiger partial charge on any atom is 0.253 e.